The molecule has 2 amide bonds. The number of fused-ring (bicyclic) bond motifs is 1. The van der Waals surface area contributed by atoms with E-state index in [4.69, 9.17) is 16.3 Å². The zero-order valence-corrected chi connectivity index (χ0v) is 18.6. The zero-order valence-electron chi connectivity index (χ0n) is 17.8. The van der Waals surface area contributed by atoms with Gasteiger partial charge >= 0.3 is 0 Å². The number of rotatable bonds is 5. The standard InChI is InChI=1S/C22H26ClN3O4/c1-11(2)30-18-9-17(25-14(5)27)15-6-7-26(22(29)19(15)20(18)23)10-16-12(3)8-13(4)24-21(16)28/h8-9,11H,6-7,10H2,1-5H3,(H,24,28)(H,25,27). The molecule has 0 saturated heterocycles. The molecule has 3 rings (SSSR count). The van der Waals surface area contributed by atoms with Crippen molar-refractivity contribution in [3.8, 4) is 5.75 Å². The van der Waals surface area contributed by atoms with Crippen LogP contribution >= 0.6 is 11.6 Å². The van der Waals surface area contributed by atoms with Crippen molar-refractivity contribution in [2.24, 2.45) is 0 Å². The minimum atomic E-state index is -0.290. The molecule has 0 bridgehead atoms. The summed E-state index contributed by atoms with van der Waals surface area (Å²) in [6.07, 6.45) is 0.343. The van der Waals surface area contributed by atoms with Crippen molar-refractivity contribution < 1.29 is 14.3 Å². The van der Waals surface area contributed by atoms with Gasteiger partial charge in [0.15, 0.2) is 0 Å². The van der Waals surface area contributed by atoms with E-state index >= 15 is 0 Å². The van der Waals surface area contributed by atoms with E-state index in [1.54, 1.807) is 11.0 Å². The van der Waals surface area contributed by atoms with Gasteiger partial charge in [-0.3, -0.25) is 14.4 Å². The van der Waals surface area contributed by atoms with Crippen LogP contribution < -0.4 is 15.6 Å². The lowest BCUT2D eigenvalue weighted by molar-refractivity contribution is -0.114. The Morgan fingerprint density at radius 2 is 2.00 bits per heavy atom. The summed E-state index contributed by atoms with van der Waals surface area (Å²) in [6, 6.07) is 3.55. The topological polar surface area (TPSA) is 91.5 Å². The average Bonchev–Trinajstić information content (AvgIpc) is 2.62. The number of ether oxygens (including phenoxy) is 1. The number of amides is 2. The van der Waals surface area contributed by atoms with Crippen molar-refractivity contribution >= 4 is 29.1 Å². The van der Waals surface area contributed by atoms with Gasteiger partial charge in [-0.15, -0.1) is 0 Å². The Kier molecular flexibility index (Phi) is 6.22. The quantitative estimate of drug-likeness (QED) is 0.756. The number of hydrogen-bond acceptors (Lipinski definition) is 4. The summed E-state index contributed by atoms with van der Waals surface area (Å²) in [5.41, 5.74) is 3.47. The van der Waals surface area contributed by atoms with Crippen LogP contribution in [0.25, 0.3) is 0 Å². The van der Waals surface area contributed by atoms with Crippen LogP contribution in [0.5, 0.6) is 5.75 Å². The number of nitrogens with zero attached hydrogens (tertiary/aromatic N) is 1. The fourth-order valence-electron chi connectivity index (χ4n) is 3.72. The number of carbonyl (C=O) groups is 2. The summed E-state index contributed by atoms with van der Waals surface area (Å²) in [5.74, 6) is -0.193. The number of halogens is 1. The maximum atomic E-state index is 13.4. The molecule has 2 aromatic rings. The minimum Gasteiger partial charge on any atom is -0.489 e. The molecule has 0 saturated carbocycles. The minimum absolute atomic E-state index is 0.158. The number of aromatic nitrogens is 1. The van der Waals surface area contributed by atoms with Gasteiger partial charge in [0, 0.05) is 36.5 Å². The highest BCUT2D eigenvalue weighted by atomic mass is 35.5. The summed E-state index contributed by atoms with van der Waals surface area (Å²) in [6.45, 7) is 9.39. The van der Waals surface area contributed by atoms with Gasteiger partial charge in [0.2, 0.25) is 5.91 Å². The number of aromatic amines is 1. The lowest BCUT2D eigenvalue weighted by atomic mass is 9.95. The van der Waals surface area contributed by atoms with Crippen LogP contribution in [0.4, 0.5) is 5.69 Å². The maximum Gasteiger partial charge on any atom is 0.256 e. The second kappa shape index (κ2) is 8.52. The molecule has 0 aliphatic carbocycles. The molecule has 0 radical (unpaired) electrons. The van der Waals surface area contributed by atoms with Gasteiger partial charge in [0.1, 0.15) is 5.75 Å². The Hall–Kier alpha value is -2.80. The van der Waals surface area contributed by atoms with E-state index < -0.39 is 0 Å². The second-order valence-electron chi connectivity index (χ2n) is 7.86. The fourth-order valence-corrected chi connectivity index (χ4v) is 4.02. The molecule has 0 spiro atoms. The molecule has 1 aliphatic heterocycles. The number of hydrogen-bond donors (Lipinski definition) is 2. The van der Waals surface area contributed by atoms with E-state index in [-0.39, 0.29) is 35.0 Å². The number of carbonyl (C=O) groups excluding carboxylic acids is 2. The summed E-state index contributed by atoms with van der Waals surface area (Å²) in [5, 5.41) is 3.00. The molecule has 0 unspecified atom stereocenters. The number of pyridine rings is 1. The van der Waals surface area contributed by atoms with Crippen molar-refractivity contribution in [1.82, 2.24) is 9.88 Å². The van der Waals surface area contributed by atoms with Gasteiger partial charge in [-0.1, -0.05) is 11.6 Å². The van der Waals surface area contributed by atoms with Crippen molar-refractivity contribution in [2.75, 3.05) is 11.9 Å². The van der Waals surface area contributed by atoms with E-state index in [0.717, 1.165) is 11.3 Å². The first-order chi connectivity index (χ1) is 14.1. The molecule has 30 heavy (non-hydrogen) atoms. The zero-order chi connectivity index (χ0) is 22.2. The summed E-state index contributed by atoms with van der Waals surface area (Å²) < 4.78 is 5.78. The third-order valence-corrected chi connectivity index (χ3v) is 5.36. The lowest BCUT2D eigenvalue weighted by Crippen LogP contribution is -2.39. The Morgan fingerprint density at radius 1 is 1.30 bits per heavy atom. The van der Waals surface area contributed by atoms with E-state index in [1.807, 2.05) is 33.8 Å². The molecular formula is C22H26ClN3O4. The first-order valence-electron chi connectivity index (χ1n) is 9.86. The highest BCUT2D eigenvalue weighted by molar-refractivity contribution is 6.36. The van der Waals surface area contributed by atoms with Gasteiger partial charge in [-0.05, 0) is 51.3 Å². The number of benzene rings is 1. The molecular weight excluding hydrogens is 406 g/mol. The summed E-state index contributed by atoms with van der Waals surface area (Å²) >= 11 is 6.57. The Bertz CT molecular complexity index is 1080. The van der Waals surface area contributed by atoms with Gasteiger partial charge in [-0.25, -0.2) is 0 Å². The number of nitrogens with one attached hydrogen (secondary N) is 2. The van der Waals surface area contributed by atoms with Crippen molar-refractivity contribution in [1.29, 1.82) is 0 Å². The molecule has 1 aromatic heterocycles. The SMILES string of the molecule is CC(=O)Nc1cc(OC(C)C)c(Cl)c2c1CCN(Cc1c(C)cc(C)[nH]c1=O)C2=O. The Morgan fingerprint density at radius 3 is 2.60 bits per heavy atom. The highest BCUT2D eigenvalue weighted by Crippen LogP contribution is 2.40. The third-order valence-electron chi connectivity index (χ3n) is 4.99. The number of H-pyrrole nitrogens is 1. The number of anilines is 1. The van der Waals surface area contributed by atoms with Gasteiger partial charge < -0.3 is 19.9 Å². The monoisotopic (exact) mass is 431 g/mol. The van der Waals surface area contributed by atoms with Crippen LogP contribution in [0.2, 0.25) is 5.02 Å². The first-order valence-corrected chi connectivity index (χ1v) is 10.2. The van der Waals surface area contributed by atoms with Crippen LogP contribution in [0, 0.1) is 13.8 Å². The lowest BCUT2D eigenvalue weighted by Gasteiger charge is -2.31. The largest absolute Gasteiger partial charge is 0.489 e. The molecule has 160 valence electrons. The molecule has 1 aliphatic rings. The normalized spacial score (nSPS) is 13.4. The van der Waals surface area contributed by atoms with Gasteiger partial charge in [0.05, 0.1) is 23.2 Å². The van der Waals surface area contributed by atoms with E-state index in [9.17, 15) is 14.4 Å². The van der Waals surface area contributed by atoms with E-state index in [2.05, 4.69) is 10.3 Å². The Balaban J connectivity index is 2.04. The Labute approximate surface area is 180 Å². The van der Waals surface area contributed by atoms with Crippen molar-refractivity contribution in [3.63, 3.8) is 0 Å². The molecule has 1 aromatic carbocycles. The summed E-state index contributed by atoms with van der Waals surface area (Å²) in [7, 11) is 0. The first kappa shape index (κ1) is 21.9. The van der Waals surface area contributed by atoms with Gasteiger partial charge in [-0.2, -0.15) is 0 Å². The maximum absolute atomic E-state index is 13.4. The predicted molar refractivity (Wildman–Crippen MR) is 117 cm³/mol. The molecule has 2 N–H and O–H groups in total. The van der Waals surface area contributed by atoms with Crippen LogP contribution in [-0.2, 0) is 17.8 Å². The second-order valence-corrected chi connectivity index (χ2v) is 8.24. The number of aryl methyl sites for hydroxylation is 2. The average molecular weight is 432 g/mol. The molecule has 7 nitrogen and oxygen atoms in total. The molecule has 0 fully saturated rings. The molecule has 2 heterocycles. The van der Waals surface area contributed by atoms with Crippen LogP contribution in [0.15, 0.2) is 16.9 Å². The molecule has 8 heteroatoms. The fraction of sp³-hybridized carbons (Fsp3) is 0.409. The van der Waals surface area contributed by atoms with Gasteiger partial charge in [0.25, 0.3) is 11.5 Å². The van der Waals surface area contributed by atoms with E-state index in [0.29, 0.717) is 41.1 Å². The van der Waals surface area contributed by atoms with Crippen LogP contribution in [0.1, 0.15) is 53.5 Å². The smallest absolute Gasteiger partial charge is 0.256 e. The summed E-state index contributed by atoms with van der Waals surface area (Å²) in [4.78, 5) is 41.9. The highest BCUT2D eigenvalue weighted by Gasteiger charge is 2.32. The van der Waals surface area contributed by atoms with Crippen molar-refractivity contribution in [3.05, 3.63) is 55.5 Å². The molecule has 0 atom stereocenters. The predicted octanol–water partition coefficient (Wildman–Crippen LogP) is 3.59. The van der Waals surface area contributed by atoms with Crippen molar-refractivity contribution in [2.45, 2.75) is 53.7 Å². The van der Waals surface area contributed by atoms with Crippen LogP contribution in [-0.4, -0.2) is 34.3 Å². The van der Waals surface area contributed by atoms with E-state index in [1.165, 1.54) is 6.92 Å². The van der Waals surface area contributed by atoms with Crippen LogP contribution in [0.3, 0.4) is 0 Å². The third kappa shape index (κ3) is 4.36.